The Kier molecular flexibility index (Phi) is 4.77. The van der Waals surface area contributed by atoms with Gasteiger partial charge in [-0.3, -0.25) is 24.5 Å². The minimum absolute atomic E-state index is 0.0216. The van der Waals surface area contributed by atoms with Gasteiger partial charge in [-0.1, -0.05) is 0 Å². The molecule has 0 bridgehead atoms. The molecule has 0 unspecified atom stereocenters. The van der Waals surface area contributed by atoms with Gasteiger partial charge in [-0.15, -0.1) is 0 Å². The van der Waals surface area contributed by atoms with E-state index in [2.05, 4.69) is 5.32 Å². The summed E-state index contributed by atoms with van der Waals surface area (Å²) in [6.07, 6.45) is 1.19. The maximum atomic E-state index is 14.1. The summed E-state index contributed by atoms with van der Waals surface area (Å²) in [7, 11) is 1.34. The molecular weight excluding hydrogens is 381 g/mol. The van der Waals surface area contributed by atoms with Crippen molar-refractivity contribution in [3.8, 4) is 0 Å². The molecule has 1 aliphatic rings. The van der Waals surface area contributed by atoms with Gasteiger partial charge in [-0.05, 0) is 36.0 Å². The standard InChI is InChI=1S/C16H10FN3O6S/c1-18-14(21)10-4-2-8(6-11(10)17)19-15(22)12(27-16(19)23)7-9-3-5-13(26-9)20(24)25/h2-7H,1H3,(H,18,21)/b12-7-. The van der Waals surface area contributed by atoms with Crippen LogP contribution in [0.25, 0.3) is 6.08 Å². The van der Waals surface area contributed by atoms with Gasteiger partial charge in [0.1, 0.15) is 16.5 Å². The highest BCUT2D eigenvalue weighted by Crippen LogP contribution is 2.36. The molecule has 27 heavy (non-hydrogen) atoms. The second-order valence-corrected chi connectivity index (χ2v) is 6.19. The Balaban J connectivity index is 1.90. The summed E-state index contributed by atoms with van der Waals surface area (Å²) >= 11 is 0.577. The van der Waals surface area contributed by atoms with Crippen LogP contribution in [0.3, 0.4) is 0 Å². The van der Waals surface area contributed by atoms with Gasteiger partial charge in [0, 0.05) is 13.1 Å². The second-order valence-electron chi connectivity index (χ2n) is 5.19. The molecule has 1 fully saturated rings. The number of hydrogen-bond donors (Lipinski definition) is 1. The predicted octanol–water partition coefficient (Wildman–Crippen LogP) is 2.93. The molecule has 1 aliphatic heterocycles. The number of imide groups is 1. The van der Waals surface area contributed by atoms with Crippen LogP contribution in [0.15, 0.2) is 39.7 Å². The van der Waals surface area contributed by atoms with Crippen LogP contribution in [0.1, 0.15) is 16.1 Å². The van der Waals surface area contributed by atoms with Crippen molar-refractivity contribution in [1.29, 1.82) is 0 Å². The van der Waals surface area contributed by atoms with Crippen molar-refractivity contribution in [2.45, 2.75) is 0 Å². The number of nitrogens with zero attached hydrogens (tertiary/aromatic N) is 2. The number of benzene rings is 1. The van der Waals surface area contributed by atoms with E-state index in [0.717, 1.165) is 23.1 Å². The Labute approximate surface area is 155 Å². The summed E-state index contributed by atoms with van der Waals surface area (Å²) in [6.45, 7) is 0. The number of carbonyl (C=O) groups is 3. The molecule has 3 rings (SSSR count). The summed E-state index contributed by atoms with van der Waals surface area (Å²) in [5, 5.41) is 12.2. The number of anilines is 1. The van der Waals surface area contributed by atoms with Crippen LogP contribution < -0.4 is 10.2 Å². The quantitative estimate of drug-likeness (QED) is 0.483. The van der Waals surface area contributed by atoms with Crippen molar-refractivity contribution in [1.82, 2.24) is 5.32 Å². The number of amides is 3. The smallest absolute Gasteiger partial charge is 0.401 e. The minimum atomic E-state index is -0.892. The van der Waals surface area contributed by atoms with E-state index < -0.39 is 33.7 Å². The van der Waals surface area contributed by atoms with Gasteiger partial charge in [-0.25, -0.2) is 9.29 Å². The molecule has 0 atom stereocenters. The fourth-order valence-corrected chi connectivity index (χ4v) is 3.12. The van der Waals surface area contributed by atoms with Crippen molar-refractivity contribution in [3.63, 3.8) is 0 Å². The lowest BCUT2D eigenvalue weighted by Crippen LogP contribution is -2.28. The summed E-state index contributed by atoms with van der Waals surface area (Å²) in [5.74, 6) is -2.76. The molecule has 0 aliphatic carbocycles. The Morgan fingerprint density at radius 3 is 2.67 bits per heavy atom. The molecule has 0 radical (unpaired) electrons. The van der Waals surface area contributed by atoms with Crippen LogP contribution in [0, 0.1) is 15.9 Å². The van der Waals surface area contributed by atoms with E-state index >= 15 is 0 Å². The van der Waals surface area contributed by atoms with E-state index in [9.17, 15) is 28.9 Å². The Bertz CT molecular complexity index is 1020. The summed E-state index contributed by atoms with van der Waals surface area (Å²) < 4.78 is 19.0. The summed E-state index contributed by atoms with van der Waals surface area (Å²) in [4.78, 5) is 46.8. The van der Waals surface area contributed by atoms with Gasteiger partial charge in [0.2, 0.25) is 0 Å². The van der Waals surface area contributed by atoms with Gasteiger partial charge in [0.15, 0.2) is 0 Å². The van der Waals surface area contributed by atoms with Crippen LogP contribution in [-0.4, -0.2) is 29.0 Å². The lowest BCUT2D eigenvalue weighted by Gasteiger charge is -2.13. The van der Waals surface area contributed by atoms with Gasteiger partial charge in [0.05, 0.1) is 22.2 Å². The fraction of sp³-hybridized carbons (Fsp3) is 0.0625. The number of furan rings is 1. The van der Waals surface area contributed by atoms with E-state index in [-0.39, 0.29) is 21.9 Å². The second kappa shape index (κ2) is 7.03. The third-order valence-electron chi connectivity index (χ3n) is 3.54. The van der Waals surface area contributed by atoms with Crippen LogP contribution >= 0.6 is 11.8 Å². The third-order valence-corrected chi connectivity index (χ3v) is 4.41. The monoisotopic (exact) mass is 391 g/mol. The molecule has 9 nitrogen and oxygen atoms in total. The average molecular weight is 391 g/mol. The Morgan fingerprint density at radius 2 is 2.07 bits per heavy atom. The SMILES string of the molecule is CNC(=O)c1ccc(N2C(=O)S/C(=C\c3ccc([N+](=O)[O-])o3)C2=O)cc1F. The molecule has 138 valence electrons. The van der Waals surface area contributed by atoms with Crippen LogP contribution in [-0.2, 0) is 4.79 Å². The number of nitrogens with one attached hydrogen (secondary N) is 1. The zero-order valence-corrected chi connectivity index (χ0v) is 14.4. The zero-order valence-electron chi connectivity index (χ0n) is 13.6. The van der Waals surface area contributed by atoms with Gasteiger partial charge in [-0.2, -0.15) is 0 Å². The van der Waals surface area contributed by atoms with Crippen molar-refractivity contribution < 1.29 is 28.1 Å². The minimum Gasteiger partial charge on any atom is -0.401 e. The molecule has 11 heteroatoms. The Hall–Kier alpha value is -3.47. The van der Waals surface area contributed by atoms with E-state index in [1.54, 1.807) is 0 Å². The summed E-state index contributed by atoms with van der Waals surface area (Å²) in [6, 6.07) is 5.73. The maximum Gasteiger partial charge on any atom is 0.433 e. The number of carbonyl (C=O) groups excluding carboxylic acids is 3. The number of halogens is 1. The van der Waals surface area contributed by atoms with Gasteiger partial charge < -0.3 is 9.73 Å². The predicted molar refractivity (Wildman–Crippen MR) is 93.6 cm³/mol. The Morgan fingerprint density at radius 1 is 1.33 bits per heavy atom. The van der Waals surface area contributed by atoms with Crippen molar-refractivity contribution in [2.75, 3.05) is 11.9 Å². The molecule has 2 aromatic rings. The van der Waals surface area contributed by atoms with E-state index in [1.165, 1.54) is 25.3 Å². The average Bonchev–Trinajstić information content (AvgIpc) is 3.19. The highest BCUT2D eigenvalue weighted by Gasteiger charge is 2.37. The topological polar surface area (TPSA) is 123 Å². The van der Waals surface area contributed by atoms with Gasteiger partial charge >= 0.3 is 5.88 Å². The number of rotatable bonds is 4. The number of hydrogen-bond acceptors (Lipinski definition) is 7. The zero-order chi connectivity index (χ0) is 19.7. The largest absolute Gasteiger partial charge is 0.433 e. The lowest BCUT2D eigenvalue weighted by atomic mass is 10.1. The van der Waals surface area contributed by atoms with Gasteiger partial charge in [0.25, 0.3) is 17.1 Å². The molecule has 0 saturated carbocycles. The van der Waals surface area contributed by atoms with E-state index in [0.29, 0.717) is 11.8 Å². The maximum absolute atomic E-state index is 14.1. The highest BCUT2D eigenvalue weighted by atomic mass is 32.2. The number of nitro groups is 1. The molecule has 3 amide bonds. The van der Waals surface area contributed by atoms with E-state index in [1.807, 2.05) is 0 Å². The highest BCUT2D eigenvalue weighted by molar-refractivity contribution is 8.19. The van der Waals surface area contributed by atoms with Crippen LogP contribution in [0.5, 0.6) is 0 Å². The molecule has 0 spiro atoms. The normalized spacial score (nSPS) is 15.5. The molecule has 1 aromatic heterocycles. The lowest BCUT2D eigenvalue weighted by molar-refractivity contribution is -0.402. The first-order valence-corrected chi connectivity index (χ1v) is 8.17. The molecule has 1 aromatic carbocycles. The number of thioether (sulfide) groups is 1. The summed E-state index contributed by atoms with van der Waals surface area (Å²) in [5.41, 5.74) is -0.275. The third kappa shape index (κ3) is 3.44. The first-order chi connectivity index (χ1) is 12.8. The molecule has 1 N–H and O–H groups in total. The van der Waals surface area contributed by atoms with Crippen molar-refractivity contribution in [3.05, 3.63) is 62.5 Å². The molecular formula is C16H10FN3O6S. The molecule has 2 heterocycles. The van der Waals surface area contributed by atoms with Crippen molar-refractivity contribution >= 4 is 46.5 Å². The van der Waals surface area contributed by atoms with Crippen LogP contribution in [0.4, 0.5) is 20.8 Å². The first-order valence-electron chi connectivity index (χ1n) is 7.35. The fourth-order valence-electron chi connectivity index (χ4n) is 2.30. The van der Waals surface area contributed by atoms with Crippen LogP contribution in [0.2, 0.25) is 0 Å². The van der Waals surface area contributed by atoms with Crippen molar-refractivity contribution in [2.24, 2.45) is 0 Å². The first kappa shape index (κ1) is 18.3. The molecule has 1 saturated heterocycles. The van der Waals surface area contributed by atoms with E-state index in [4.69, 9.17) is 4.42 Å².